The summed E-state index contributed by atoms with van der Waals surface area (Å²) in [6, 6.07) is 31.0. The van der Waals surface area contributed by atoms with Crippen LogP contribution in [0.2, 0.25) is 0 Å². The molecule has 0 aromatic heterocycles. The van der Waals surface area contributed by atoms with Gasteiger partial charge in [-0.2, -0.15) is 0 Å². The highest BCUT2D eigenvalue weighted by atomic mass is 19.1. The number of hydrogen-bond acceptors (Lipinski definition) is 5. The lowest BCUT2D eigenvalue weighted by Crippen LogP contribution is -2.52. The molecule has 1 unspecified atom stereocenters. The molecule has 1 saturated heterocycles. The molecule has 1 aliphatic carbocycles. The number of rotatable bonds is 6. The van der Waals surface area contributed by atoms with Crippen molar-refractivity contribution in [2.45, 2.75) is 38.8 Å². The zero-order valence-electron chi connectivity index (χ0n) is 27.3. The molecule has 4 aromatic rings. The topological polar surface area (TPSA) is 55.9 Å². The Morgan fingerprint density at radius 1 is 0.812 bits per heavy atom. The van der Waals surface area contributed by atoms with Crippen molar-refractivity contribution in [1.29, 1.82) is 0 Å². The molecule has 1 fully saturated rings. The van der Waals surface area contributed by atoms with Crippen molar-refractivity contribution in [3.63, 3.8) is 0 Å². The second-order valence-corrected chi connectivity index (χ2v) is 13.8. The number of benzene rings is 4. The van der Waals surface area contributed by atoms with Gasteiger partial charge in [-0.25, -0.2) is 8.78 Å². The summed E-state index contributed by atoms with van der Waals surface area (Å²) in [7, 11) is 0. The number of halogens is 2. The first kappa shape index (κ1) is 31.8. The standard InChI is InChI=1S/C40H40F2N4O2/c1-40(2)24-33-37(35(47)25-40)39(29-21-30(41)23-31(42)22-29)46(34-16-10-9-15-32(34)43-33)26-36(48)44-17-19-45(20-18-44)38(27-11-5-3-6-12-27)28-13-7-4-8-14-28/h3-16,21-23,38-39,43H,17-20,24-26H2,1-2H3. The molecule has 4 aromatic carbocycles. The van der Waals surface area contributed by atoms with E-state index >= 15 is 0 Å². The number of ketones is 1. The van der Waals surface area contributed by atoms with Gasteiger partial charge in [0, 0.05) is 49.9 Å². The molecule has 1 atom stereocenters. The molecule has 2 heterocycles. The molecule has 246 valence electrons. The number of amides is 1. The van der Waals surface area contributed by atoms with Crippen LogP contribution in [0.15, 0.2) is 114 Å². The zero-order chi connectivity index (χ0) is 33.4. The van der Waals surface area contributed by atoms with Gasteiger partial charge in [0.25, 0.3) is 0 Å². The van der Waals surface area contributed by atoms with Gasteiger partial charge in [-0.1, -0.05) is 86.6 Å². The Morgan fingerprint density at radius 3 is 2.02 bits per heavy atom. The van der Waals surface area contributed by atoms with Crippen LogP contribution in [-0.2, 0) is 9.59 Å². The minimum absolute atomic E-state index is 0.0598. The second-order valence-electron chi connectivity index (χ2n) is 13.8. The Morgan fingerprint density at radius 2 is 1.40 bits per heavy atom. The van der Waals surface area contributed by atoms with Gasteiger partial charge in [0.1, 0.15) is 11.6 Å². The first-order chi connectivity index (χ1) is 23.2. The van der Waals surface area contributed by atoms with Crippen LogP contribution in [0.5, 0.6) is 0 Å². The monoisotopic (exact) mass is 646 g/mol. The lowest BCUT2D eigenvalue weighted by molar-refractivity contribution is -0.131. The third-order valence-corrected chi connectivity index (χ3v) is 9.77. The normalized spacial score (nSPS) is 19.4. The van der Waals surface area contributed by atoms with Crippen LogP contribution in [0.1, 0.15) is 55.5 Å². The molecule has 48 heavy (non-hydrogen) atoms. The first-order valence-electron chi connectivity index (χ1n) is 16.6. The van der Waals surface area contributed by atoms with E-state index in [1.54, 1.807) is 0 Å². The van der Waals surface area contributed by atoms with E-state index < -0.39 is 17.7 Å². The molecule has 1 amide bonds. The van der Waals surface area contributed by atoms with Crippen molar-refractivity contribution >= 4 is 23.1 Å². The van der Waals surface area contributed by atoms with Gasteiger partial charge in [-0.05, 0) is 52.8 Å². The summed E-state index contributed by atoms with van der Waals surface area (Å²) in [6.45, 7) is 6.46. The average Bonchev–Trinajstić information content (AvgIpc) is 3.19. The van der Waals surface area contributed by atoms with Gasteiger partial charge in [0.15, 0.2) is 5.78 Å². The number of nitrogens with zero attached hydrogens (tertiary/aromatic N) is 3. The van der Waals surface area contributed by atoms with Crippen LogP contribution in [0, 0.1) is 17.0 Å². The van der Waals surface area contributed by atoms with Crippen LogP contribution < -0.4 is 10.2 Å². The summed E-state index contributed by atoms with van der Waals surface area (Å²) in [4.78, 5) is 34.4. The fourth-order valence-electron chi connectivity index (χ4n) is 7.67. The van der Waals surface area contributed by atoms with E-state index in [1.165, 1.54) is 23.3 Å². The molecule has 2 aliphatic heterocycles. The van der Waals surface area contributed by atoms with Crippen molar-refractivity contribution in [3.05, 3.63) is 143 Å². The Labute approximate surface area is 280 Å². The van der Waals surface area contributed by atoms with E-state index in [2.05, 4.69) is 58.7 Å². The number of para-hydroxylation sites is 2. The molecule has 0 spiro atoms. The molecule has 0 radical (unpaired) electrons. The second kappa shape index (κ2) is 13.0. The van der Waals surface area contributed by atoms with Crippen molar-refractivity contribution < 1.29 is 18.4 Å². The number of anilines is 2. The summed E-state index contributed by atoms with van der Waals surface area (Å²) in [5, 5.41) is 3.51. The summed E-state index contributed by atoms with van der Waals surface area (Å²) in [6.07, 6.45) is 0.885. The molecule has 8 heteroatoms. The van der Waals surface area contributed by atoms with E-state index in [4.69, 9.17) is 0 Å². The highest BCUT2D eigenvalue weighted by Crippen LogP contribution is 2.48. The fourth-order valence-corrected chi connectivity index (χ4v) is 7.67. The van der Waals surface area contributed by atoms with Gasteiger partial charge < -0.3 is 15.1 Å². The van der Waals surface area contributed by atoms with Crippen LogP contribution in [-0.4, -0.2) is 54.2 Å². The van der Waals surface area contributed by atoms with E-state index in [1.807, 2.05) is 60.0 Å². The van der Waals surface area contributed by atoms with Crippen molar-refractivity contribution in [3.8, 4) is 0 Å². The minimum atomic E-state index is -0.851. The number of fused-ring (bicyclic) bond motifs is 1. The SMILES string of the molecule is CC1(C)CC(=O)C2=C(C1)Nc1ccccc1N(CC(=O)N1CCN(C(c3ccccc3)c3ccccc3)CC1)C2c1cc(F)cc(F)c1. The quantitative estimate of drug-likeness (QED) is 0.235. The van der Waals surface area contributed by atoms with E-state index in [9.17, 15) is 18.4 Å². The Balaban J connectivity index is 1.20. The third kappa shape index (κ3) is 6.37. The maximum atomic E-state index is 14.8. The predicted molar refractivity (Wildman–Crippen MR) is 184 cm³/mol. The first-order valence-corrected chi connectivity index (χ1v) is 16.6. The van der Waals surface area contributed by atoms with Crippen LogP contribution >= 0.6 is 0 Å². The highest BCUT2D eigenvalue weighted by Gasteiger charge is 2.42. The summed E-state index contributed by atoms with van der Waals surface area (Å²) < 4.78 is 29.6. The predicted octanol–water partition coefficient (Wildman–Crippen LogP) is 7.52. The van der Waals surface area contributed by atoms with Crippen LogP contribution in [0.25, 0.3) is 0 Å². The molecular weight excluding hydrogens is 606 g/mol. The number of piperazine rings is 1. The van der Waals surface area contributed by atoms with Crippen LogP contribution in [0.4, 0.5) is 20.2 Å². The molecule has 6 nitrogen and oxygen atoms in total. The average molecular weight is 647 g/mol. The number of allylic oxidation sites excluding steroid dienone is 1. The number of carbonyl (C=O) groups is 2. The largest absolute Gasteiger partial charge is 0.357 e. The Hall–Kier alpha value is -4.82. The van der Waals surface area contributed by atoms with E-state index in [0.717, 1.165) is 17.5 Å². The van der Waals surface area contributed by atoms with E-state index in [-0.39, 0.29) is 29.7 Å². The maximum Gasteiger partial charge on any atom is 0.242 e. The van der Waals surface area contributed by atoms with E-state index in [0.29, 0.717) is 55.8 Å². The minimum Gasteiger partial charge on any atom is -0.357 e. The lowest BCUT2D eigenvalue weighted by atomic mass is 9.73. The fraction of sp³-hybridized carbons (Fsp3) is 0.300. The number of Topliss-reactive ketones (excluding diaryl/α,β-unsaturated/α-hetero) is 1. The van der Waals surface area contributed by atoms with Crippen molar-refractivity contribution in [2.75, 3.05) is 42.9 Å². The molecule has 7 rings (SSSR count). The molecule has 1 N–H and O–H groups in total. The smallest absolute Gasteiger partial charge is 0.242 e. The van der Waals surface area contributed by atoms with Gasteiger partial charge in [0.2, 0.25) is 5.91 Å². The number of nitrogens with one attached hydrogen (secondary N) is 1. The molecule has 3 aliphatic rings. The Kier molecular flexibility index (Phi) is 8.60. The summed E-state index contributed by atoms with van der Waals surface area (Å²) in [5.41, 5.74) is 5.05. The highest BCUT2D eigenvalue weighted by molar-refractivity contribution is 6.02. The number of hydrogen-bond donors (Lipinski definition) is 1. The summed E-state index contributed by atoms with van der Waals surface area (Å²) in [5.74, 6) is -1.64. The zero-order valence-corrected chi connectivity index (χ0v) is 27.3. The van der Waals surface area contributed by atoms with Gasteiger partial charge in [-0.3, -0.25) is 14.5 Å². The molecular formula is C40H40F2N4O2. The van der Waals surface area contributed by atoms with Gasteiger partial charge in [-0.15, -0.1) is 0 Å². The summed E-state index contributed by atoms with van der Waals surface area (Å²) >= 11 is 0. The van der Waals surface area contributed by atoms with Crippen molar-refractivity contribution in [2.24, 2.45) is 5.41 Å². The van der Waals surface area contributed by atoms with Crippen LogP contribution in [0.3, 0.4) is 0 Å². The lowest BCUT2D eigenvalue weighted by Gasteiger charge is -2.41. The van der Waals surface area contributed by atoms with Gasteiger partial charge in [0.05, 0.1) is 30.0 Å². The third-order valence-electron chi connectivity index (χ3n) is 9.77. The Bertz CT molecular complexity index is 1790. The maximum absolute atomic E-state index is 14.8. The van der Waals surface area contributed by atoms with Crippen molar-refractivity contribution in [1.82, 2.24) is 9.80 Å². The molecule has 0 bridgehead atoms. The molecule has 0 saturated carbocycles. The van der Waals surface area contributed by atoms with Gasteiger partial charge >= 0.3 is 0 Å². The number of carbonyl (C=O) groups excluding carboxylic acids is 2.